The van der Waals surface area contributed by atoms with Gasteiger partial charge in [0.1, 0.15) is 13.2 Å². The predicted molar refractivity (Wildman–Crippen MR) is 67.1 cm³/mol. The molecule has 0 saturated heterocycles. The van der Waals surface area contributed by atoms with E-state index in [0.29, 0.717) is 0 Å². The van der Waals surface area contributed by atoms with Gasteiger partial charge in [-0.3, -0.25) is 0 Å². The highest BCUT2D eigenvalue weighted by molar-refractivity contribution is 5.43. The lowest BCUT2D eigenvalue weighted by molar-refractivity contribution is -0.125. The molecule has 1 aromatic rings. The largest absolute Gasteiger partial charge is 0.388 e. The molecule has 5 heteroatoms. The first-order valence-electron chi connectivity index (χ1n) is 5.87. The highest BCUT2D eigenvalue weighted by Crippen LogP contribution is 2.16. The van der Waals surface area contributed by atoms with Crippen molar-refractivity contribution in [1.82, 2.24) is 0 Å². The van der Waals surface area contributed by atoms with E-state index in [0.717, 1.165) is 11.3 Å². The molecule has 0 fully saturated rings. The molecule has 1 aromatic carbocycles. The fourth-order valence-corrected chi connectivity index (χ4v) is 1.38. The molecule has 1 N–H and O–H groups in total. The maximum atomic E-state index is 13.2. The van der Waals surface area contributed by atoms with Crippen LogP contribution in [-0.2, 0) is 16.1 Å². The van der Waals surface area contributed by atoms with Gasteiger partial charge in [0, 0.05) is 19.3 Å². The van der Waals surface area contributed by atoms with Crippen LogP contribution in [0.4, 0.5) is 14.5 Å². The van der Waals surface area contributed by atoms with E-state index < -0.39 is 19.1 Å². The molecule has 0 saturated carbocycles. The smallest absolute Gasteiger partial charge is 0.293 e. The number of halogens is 2. The van der Waals surface area contributed by atoms with Crippen LogP contribution in [-0.4, -0.2) is 32.8 Å². The Balaban J connectivity index is 2.31. The van der Waals surface area contributed by atoms with Gasteiger partial charge in [0.2, 0.25) is 0 Å². The van der Waals surface area contributed by atoms with Crippen molar-refractivity contribution in [2.45, 2.75) is 19.5 Å². The summed E-state index contributed by atoms with van der Waals surface area (Å²) in [5, 5.41) is 2.98. The molecule has 0 aliphatic rings. The molecule has 0 atom stereocenters. The van der Waals surface area contributed by atoms with E-state index in [1.807, 2.05) is 31.3 Å². The van der Waals surface area contributed by atoms with E-state index in [9.17, 15) is 8.78 Å². The van der Waals surface area contributed by atoms with Gasteiger partial charge in [0.05, 0.1) is 6.61 Å². The monoisotopic (exact) mass is 259 g/mol. The molecule has 0 unspecified atom stereocenters. The summed E-state index contributed by atoms with van der Waals surface area (Å²) in [7, 11) is 1.82. The van der Waals surface area contributed by atoms with Gasteiger partial charge in [-0.05, 0) is 24.6 Å². The quantitative estimate of drug-likeness (QED) is 0.778. The van der Waals surface area contributed by atoms with Crippen LogP contribution in [0.15, 0.2) is 24.3 Å². The number of anilines is 1. The molecule has 0 spiro atoms. The van der Waals surface area contributed by atoms with Gasteiger partial charge in [0.15, 0.2) is 0 Å². The van der Waals surface area contributed by atoms with E-state index >= 15 is 0 Å². The summed E-state index contributed by atoms with van der Waals surface area (Å²) in [6.07, 6.45) is 0. The normalized spacial score (nSPS) is 11.6. The van der Waals surface area contributed by atoms with Crippen LogP contribution in [0.2, 0.25) is 0 Å². The van der Waals surface area contributed by atoms with Gasteiger partial charge in [-0.25, -0.2) is 8.78 Å². The Labute approximate surface area is 106 Å². The van der Waals surface area contributed by atoms with E-state index in [4.69, 9.17) is 9.47 Å². The molecule has 0 aromatic heterocycles. The van der Waals surface area contributed by atoms with Crippen molar-refractivity contribution in [1.29, 1.82) is 0 Å². The van der Waals surface area contributed by atoms with E-state index in [1.165, 1.54) is 0 Å². The van der Waals surface area contributed by atoms with Crippen molar-refractivity contribution in [3.8, 4) is 0 Å². The lowest BCUT2D eigenvalue weighted by Gasteiger charge is -2.16. The maximum absolute atomic E-state index is 13.2. The third-order valence-corrected chi connectivity index (χ3v) is 2.34. The Morgan fingerprint density at radius 1 is 1.11 bits per heavy atom. The van der Waals surface area contributed by atoms with Gasteiger partial charge in [-0.15, -0.1) is 0 Å². The van der Waals surface area contributed by atoms with Crippen molar-refractivity contribution < 1.29 is 18.3 Å². The number of rotatable bonds is 8. The number of hydrogen-bond donors (Lipinski definition) is 1. The molecular weight excluding hydrogens is 240 g/mol. The van der Waals surface area contributed by atoms with Crippen LogP contribution < -0.4 is 5.32 Å². The van der Waals surface area contributed by atoms with Crippen molar-refractivity contribution in [3.63, 3.8) is 0 Å². The first-order valence-corrected chi connectivity index (χ1v) is 5.87. The van der Waals surface area contributed by atoms with Crippen molar-refractivity contribution in [2.24, 2.45) is 0 Å². The average Bonchev–Trinajstić information content (AvgIpc) is 2.37. The standard InChI is InChI=1S/C13H19F2NO2/c1-3-17-9-13(14,15)10-18-8-11-4-6-12(16-2)7-5-11/h4-7,16H,3,8-10H2,1-2H3. The Bertz CT molecular complexity index is 341. The minimum Gasteiger partial charge on any atom is -0.388 e. The molecule has 18 heavy (non-hydrogen) atoms. The second-order valence-corrected chi connectivity index (χ2v) is 3.93. The Morgan fingerprint density at radius 3 is 2.28 bits per heavy atom. The molecule has 1 rings (SSSR count). The zero-order chi connectivity index (χ0) is 13.4. The van der Waals surface area contributed by atoms with E-state index in [-0.39, 0.29) is 13.2 Å². The fraction of sp³-hybridized carbons (Fsp3) is 0.538. The van der Waals surface area contributed by atoms with Gasteiger partial charge >= 0.3 is 0 Å². The average molecular weight is 259 g/mol. The highest BCUT2D eigenvalue weighted by atomic mass is 19.3. The first-order chi connectivity index (χ1) is 8.57. The first kappa shape index (κ1) is 14.9. The van der Waals surface area contributed by atoms with Crippen LogP contribution >= 0.6 is 0 Å². The van der Waals surface area contributed by atoms with Gasteiger partial charge < -0.3 is 14.8 Å². The third kappa shape index (κ3) is 5.42. The van der Waals surface area contributed by atoms with E-state index in [2.05, 4.69) is 5.32 Å². The van der Waals surface area contributed by atoms with Crippen molar-refractivity contribution in [3.05, 3.63) is 29.8 Å². The molecule has 0 aliphatic carbocycles. The summed E-state index contributed by atoms with van der Waals surface area (Å²) in [5.41, 5.74) is 1.83. The third-order valence-electron chi connectivity index (χ3n) is 2.34. The minimum absolute atomic E-state index is 0.172. The van der Waals surface area contributed by atoms with Crippen LogP contribution in [0.3, 0.4) is 0 Å². The van der Waals surface area contributed by atoms with Crippen molar-refractivity contribution >= 4 is 5.69 Å². The number of hydrogen-bond acceptors (Lipinski definition) is 3. The Hall–Kier alpha value is -1.20. The summed E-state index contributed by atoms with van der Waals surface area (Å²) in [4.78, 5) is 0. The zero-order valence-corrected chi connectivity index (χ0v) is 10.7. The SMILES string of the molecule is CCOCC(F)(F)COCc1ccc(NC)cc1. The topological polar surface area (TPSA) is 30.5 Å². The molecule has 0 amide bonds. The molecule has 3 nitrogen and oxygen atoms in total. The van der Waals surface area contributed by atoms with Gasteiger partial charge in [0.25, 0.3) is 5.92 Å². The van der Waals surface area contributed by atoms with Gasteiger partial charge in [-0.1, -0.05) is 12.1 Å². The molecular formula is C13H19F2NO2. The molecule has 0 bridgehead atoms. The summed E-state index contributed by atoms with van der Waals surface area (Å²) >= 11 is 0. The second-order valence-electron chi connectivity index (χ2n) is 3.93. The lowest BCUT2D eigenvalue weighted by Crippen LogP contribution is -2.29. The predicted octanol–water partition coefficient (Wildman–Crippen LogP) is 2.92. The van der Waals surface area contributed by atoms with Gasteiger partial charge in [-0.2, -0.15) is 0 Å². The summed E-state index contributed by atoms with van der Waals surface area (Å²) in [6, 6.07) is 7.42. The summed E-state index contributed by atoms with van der Waals surface area (Å²) < 4.78 is 36.0. The van der Waals surface area contributed by atoms with Crippen LogP contribution in [0, 0.1) is 0 Å². The zero-order valence-electron chi connectivity index (χ0n) is 10.7. The van der Waals surface area contributed by atoms with Crippen LogP contribution in [0.1, 0.15) is 12.5 Å². The Morgan fingerprint density at radius 2 is 1.72 bits per heavy atom. The lowest BCUT2D eigenvalue weighted by atomic mass is 10.2. The molecule has 0 aliphatic heterocycles. The number of benzene rings is 1. The molecule has 102 valence electrons. The minimum atomic E-state index is -2.93. The molecule has 0 radical (unpaired) electrons. The van der Waals surface area contributed by atoms with Crippen LogP contribution in [0.25, 0.3) is 0 Å². The summed E-state index contributed by atoms with van der Waals surface area (Å²) in [5.74, 6) is -2.93. The van der Waals surface area contributed by atoms with E-state index in [1.54, 1.807) is 6.92 Å². The summed E-state index contributed by atoms with van der Waals surface area (Å²) in [6.45, 7) is 0.913. The molecule has 0 heterocycles. The fourth-order valence-electron chi connectivity index (χ4n) is 1.38. The highest BCUT2D eigenvalue weighted by Gasteiger charge is 2.29. The van der Waals surface area contributed by atoms with Crippen LogP contribution in [0.5, 0.6) is 0 Å². The maximum Gasteiger partial charge on any atom is 0.293 e. The van der Waals surface area contributed by atoms with Crippen molar-refractivity contribution in [2.75, 3.05) is 32.2 Å². The number of ether oxygens (including phenoxy) is 2. The second kappa shape index (κ2) is 7.28. The number of nitrogens with one attached hydrogen (secondary N) is 1. The Kier molecular flexibility index (Phi) is 6.01. The number of alkyl halides is 2.